The summed E-state index contributed by atoms with van der Waals surface area (Å²) in [5, 5.41) is 14.7. The van der Waals surface area contributed by atoms with Gasteiger partial charge in [-0.3, -0.25) is 4.79 Å². The minimum absolute atomic E-state index is 0.108. The van der Waals surface area contributed by atoms with Crippen LogP contribution in [-0.4, -0.2) is 23.1 Å². The first-order chi connectivity index (χ1) is 9.42. The van der Waals surface area contributed by atoms with E-state index in [0.29, 0.717) is 22.2 Å². The molecule has 0 radical (unpaired) electrons. The molecule has 0 aromatic heterocycles. The number of amides is 2. The van der Waals surface area contributed by atoms with E-state index in [0.717, 1.165) is 6.42 Å². The maximum absolute atomic E-state index is 11.8. The second-order valence-corrected chi connectivity index (χ2v) is 5.13. The van der Waals surface area contributed by atoms with Crippen molar-refractivity contribution in [3.8, 4) is 0 Å². The molecule has 20 heavy (non-hydrogen) atoms. The highest BCUT2D eigenvalue weighted by atomic mass is 35.5. The van der Waals surface area contributed by atoms with E-state index in [1.165, 1.54) is 6.07 Å². The summed E-state index contributed by atoms with van der Waals surface area (Å²) in [6, 6.07) is 3.83. The van der Waals surface area contributed by atoms with E-state index in [-0.39, 0.29) is 6.42 Å². The molecule has 1 aromatic carbocycles. The number of anilines is 1. The molecule has 0 heterocycles. The van der Waals surface area contributed by atoms with Gasteiger partial charge in [0.2, 0.25) is 0 Å². The van der Waals surface area contributed by atoms with Gasteiger partial charge in [-0.15, -0.1) is 0 Å². The molecule has 110 valence electrons. The first-order valence-corrected chi connectivity index (χ1v) is 6.92. The SMILES string of the molecule is CCCC(CC(=O)O)NC(=O)Nc1ccc(Cl)c(Cl)c1. The molecule has 3 N–H and O–H groups in total. The molecule has 1 aromatic rings. The molecule has 1 rings (SSSR count). The smallest absolute Gasteiger partial charge is 0.319 e. The van der Waals surface area contributed by atoms with Crippen LogP contribution >= 0.6 is 23.2 Å². The number of hydrogen-bond donors (Lipinski definition) is 3. The number of urea groups is 1. The summed E-state index contributed by atoms with van der Waals surface area (Å²) in [6.07, 6.45) is 1.27. The van der Waals surface area contributed by atoms with Gasteiger partial charge in [0.1, 0.15) is 0 Å². The molecule has 0 bridgehead atoms. The quantitative estimate of drug-likeness (QED) is 0.747. The lowest BCUT2D eigenvalue weighted by Crippen LogP contribution is -2.39. The molecule has 0 saturated heterocycles. The fraction of sp³-hybridized carbons (Fsp3) is 0.385. The van der Waals surface area contributed by atoms with Crippen LogP contribution in [0.3, 0.4) is 0 Å². The van der Waals surface area contributed by atoms with Crippen LogP contribution in [0, 0.1) is 0 Å². The number of carboxylic acids is 1. The molecule has 1 unspecified atom stereocenters. The van der Waals surface area contributed by atoms with Crippen molar-refractivity contribution in [1.29, 1.82) is 0 Å². The van der Waals surface area contributed by atoms with Crippen molar-refractivity contribution in [3.05, 3.63) is 28.2 Å². The number of carbonyl (C=O) groups excluding carboxylic acids is 1. The molecule has 7 heteroatoms. The fourth-order valence-corrected chi connectivity index (χ4v) is 2.01. The van der Waals surface area contributed by atoms with Crippen molar-refractivity contribution >= 4 is 40.9 Å². The highest BCUT2D eigenvalue weighted by Gasteiger charge is 2.15. The van der Waals surface area contributed by atoms with Crippen molar-refractivity contribution in [3.63, 3.8) is 0 Å². The molecule has 0 aliphatic heterocycles. The Morgan fingerprint density at radius 1 is 1.30 bits per heavy atom. The first-order valence-electron chi connectivity index (χ1n) is 6.16. The van der Waals surface area contributed by atoms with Crippen molar-refractivity contribution < 1.29 is 14.7 Å². The summed E-state index contributed by atoms with van der Waals surface area (Å²) in [7, 11) is 0. The lowest BCUT2D eigenvalue weighted by atomic mass is 10.1. The zero-order chi connectivity index (χ0) is 15.1. The minimum atomic E-state index is -0.946. The Balaban J connectivity index is 2.60. The zero-order valence-electron chi connectivity index (χ0n) is 11.0. The lowest BCUT2D eigenvalue weighted by molar-refractivity contribution is -0.137. The third-order valence-electron chi connectivity index (χ3n) is 2.57. The average molecular weight is 319 g/mol. The number of nitrogens with one attached hydrogen (secondary N) is 2. The molecular formula is C13H16Cl2N2O3. The van der Waals surface area contributed by atoms with Crippen LogP contribution in [0.2, 0.25) is 10.0 Å². The van der Waals surface area contributed by atoms with Gasteiger partial charge in [0.15, 0.2) is 0 Å². The van der Waals surface area contributed by atoms with Gasteiger partial charge in [0.05, 0.1) is 16.5 Å². The van der Waals surface area contributed by atoms with E-state index in [1.807, 2.05) is 6.92 Å². The Morgan fingerprint density at radius 3 is 2.55 bits per heavy atom. The molecule has 1 atom stereocenters. The fourth-order valence-electron chi connectivity index (χ4n) is 1.71. The normalized spacial score (nSPS) is 11.8. The summed E-state index contributed by atoms with van der Waals surface area (Å²) in [5.74, 6) is -0.946. The molecule has 0 aliphatic carbocycles. The largest absolute Gasteiger partial charge is 0.481 e. The van der Waals surface area contributed by atoms with Gasteiger partial charge in [0.25, 0.3) is 0 Å². The van der Waals surface area contributed by atoms with Crippen LogP contribution < -0.4 is 10.6 Å². The Bertz CT molecular complexity index is 495. The molecule has 0 spiro atoms. The van der Waals surface area contributed by atoms with Crippen molar-refractivity contribution in [2.24, 2.45) is 0 Å². The number of aliphatic carboxylic acids is 1. The van der Waals surface area contributed by atoms with Crippen molar-refractivity contribution in [2.45, 2.75) is 32.2 Å². The van der Waals surface area contributed by atoms with E-state index in [9.17, 15) is 9.59 Å². The number of hydrogen-bond acceptors (Lipinski definition) is 2. The van der Waals surface area contributed by atoms with E-state index >= 15 is 0 Å². The Morgan fingerprint density at radius 2 is 2.00 bits per heavy atom. The highest BCUT2D eigenvalue weighted by Crippen LogP contribution is 2.24. The maximum atomic E-state index is 11.8. The van der Waals surface area contributed by atoms with Crippen LogP contribution in [0.1, 0.15) is 26.2 Å². The highest BCUT2D eigenvalue weighted by molar-refractivity contribution is 6.42. The van der Waals surface area contributed by atoms with Crippen LogP contribution in [-0.2, 0) is 4.79 Å². The first kappa shape index (κ1) is 16.6. The third kappa shape index (κ3) is 5.67. The summed E-state index contributed by atoms with van der Waals surface area (Å²) in [6.45, 7) is 1.92. The van der Waals surface area contributed by atoms with Gasteiger partial charge in [-0.1, -0.05) is 36.5 Å². The number of carbonyl (C=O) groups is 2. The standard InChI is InChI=1S/C13H16Cl2N2O3/c1-2-3-8(7-12(18)19)16-13(20)17-9-4-5-10(14)11(15)6-9/h4-6,8H,2-3,7H2,1H3,(H,18,19)(H2,16,17,20). The van der Waals surface area contributed by atoms with Gasteiger partial charge >= 0.3 is 12.0 Å². The predicted octanol–water partition coefficient (Wildman–Crippen LogP) is 3.76. The second-order valence-electron chi connectivity index (χ2n) is 4.31. The van der Waals surface area contributed by atoms with Gasteiger partial charge < -0.3 is 15.7 Å². The molecule has 5 nitrogen and oxygen atoms in total. The summed E-state index contributed by atoms with van der Waals surface area (Å²) < 4.78 is 0. The van der Waals surface area contributed by atoms with E-state index in [2.05, 4.69) is 10.6 Å². The summed E-state index contributed by atoms with van der Waals surface area (Å²) in [4.78, 5) is 22.5. The topological polar surface area (TPSA) is 78.4 Å². The lowest BCUT2D eigenvalue weighted by Gasteiger charge is -2.16. The number of benzene rings is 1. The van der Waals surface area contributed by atoms with Gasteiger partial charge in [-0.25, -0.2) is 4.79 Å². The second kappa shape index (κ2) is 7.97. The Labute approximate surface area is 127 Å². The van der Waals surface area contributed by atoms with Crippen LogP contribution in [0.15, 0.2) is 18.2 Å². The number of rotatable bonds is 6. The Kier molecular flexibility index (Phi) is 6.61. The molecule has 0 fully saturated rings. The van der Waals surface area contributed by atoms with Crippen molar-refractivity contribution in [2.75, 3.05) is 5.32 Å². The number of carboxylic acid groups (broad SMARTS) is 1. The molecule has 0 saturated carbocycles. The zero-order valence-corrected chi connectivity index (χ0v) is 12.5. The van der Waals surface area contributed by atoms with Crippen LogP contribution in [0.4, 0.5) is 10.5 Å². The number of halogens is 2. The minimum Gasteiger partial charge on any atom is -0.481 e. The van der Waals surface area contributed by atoms with Gasteiger partial charge in [-0.2, -0.15) is 0 Å². The molecular weight excluding hydrogens is 303 g/mol. The monoisotopic (exact) mass is 318 g/mol. The van der Waals surface area contributed by atoms with Gasteiger partial charge in [-0.05, 0) is 24.6 Å². The summed E-state index contributed by atoms with van der Waals surface area (Å²) in [5.41, 5.74) is 0.488. The molecule has 2 amide bonds. The maximum Gasteiger partial charge on any atom is 0.319 e. The third-order valence-corrected chi connectivity index (χ3v) is 3.31. The van der Waals surface area contributed by atoms with Crippen molar-refractivity contribution in [1.82, 2.24) is 5.32 Å². The Hall–Kier alpha value is -1.46. The van der Waals surface area contributed by atoms with E-state index < -0.39 is 18.0 Å². The van der Waals surface area contributed by atoms with Crippen LogP contribution in [0.25, 0.3) is 0 Å². The predicted molar refractivity (Wildman–Crippen MR) is 79.6 cm³/mol. The van der Waals surface area contributed by atoms with E-state index in [4.69, 9.17) is 28.3 Å². The van der Waals surface area contributed by atoms with E-state index in [1.54, 1.807) is 12.1 Å². The average Bonchev–Trinajstić information content (AvgIpc) is 2.33. The van der Waals surface area contributed by atoms with Crippen LogP contribution in [0.5, 0.6) is 0 Å². The summed E-state index contributed by atoms with van der Waals surface area (Å²) >= 11 is 11.6. The molecule has 0 aliphatic rings. The van der Waals surface area contributed by atoms with Gasteiger partial charge in [0, 0.05) is 11.7 Å².